The molecule has 5 heteroatoms. The van der Waals surface area contributed by atoms with E-state index in [0.717, 1.165) is 66.8 Å². The van der Waals surface area contributed by atoms with Gasteiger partial charge < -0.3 is 5.11 Å². The summed E-state index contributed by atoms with van der Waals surface area (Å²) in [5, 5.41) is 12.6. The Hall–Kier alpha value is -5.57. The molecular weight excluding hydrogens is 1010 g/mol. The van der Waals surface area contributed by atoms with Gasteiger partial charge >= 0.3 is 0 Å². The van der Waals surface area contributed by atoms with Crippen molar-refractivity contribution in [2.45, 2.75) is 132 Å². The Bertz CT molecular complexity index is 3280. The van der Waals surface area contributed by atoms with E-state index in [9.17, 15) is 5.11 Å². The maximum Gasteiger partial charge on any atom is 0.148 e. The number of para-hydroxylation sites is 1. The fraction of sp³-hybridized carbons (Fsp3) is 0.333. The fourth-order valence-electron chi connectivity index (χ4n) is 8.74. The van der Waals surface area contributed by atoms with Crippen molar-refractivity contribution in [2.75, 3.05) is 0 Å². The summed E-state index contributed by atoms with van der Waals surface area (Å²) < 4.78 is 29.0. The van der Waals surface area contributed by atoms with Crippen LogP contribution in [0, 0.1) is 11.5 Å². The molecule has 0 aliphatic heterocycles. The zero-order valence-electron chi connectivity index (χ0n) is 45.7. The third kappa shape index (κ3) is 10.5. The number of aromatic nitrogens is 3. The molecule has 0 unspecified atom stereocenters. The van der Waals surface area contributed by atoms with Gasteiger partial charge in [0.25, 0.3) is 0 Å². The van der Waals surface area contributed by atoms with Gasteiger partial charge in [0.15, 0.2) is 0 Å². The largest absolute Gasteiger partial charge is 0.507 e. The Morgan fingerprint density at radius 1 is 0.574 bits per heavy atom. The number of nitrogens with zero attached hydrogens (tertiary/aromatic N) is 3. The van der Waals surface area contributed by atoms with Gasteiger partial charge in [0.05, 0.1) is 23.7 Å². The van der Waals surface area contributed by atoms with E-state index in [1.165, 1.54) is 5.56 Å². The molecule has 0 radical (unpaired) electrons. The molecule has 0 aliphatic carbocycles. The van der Waals surface area contributed by atoms with E-state index in [-0.39, 0.29) is 54.5 Å². The summed E-state index contributed by atoms with van der Waals surface area (Å²) in [5.41, 5.74) is 13.5. The van der Waals surface area contributed by atoms with Crippen LogP contribution in [0.2, 0.25) is 0 Å². The average molecular weight is 1080 g/mol. The maximum atomic E-state index is 12.6. The summed E-state index contributed by atoms with van der Waals surface area (Å²) in [6.07, 6.45) is 0.161. The van der Waals surface area contributed by atoms with Gasteiger partial charge in [-0.05, 0) is 97.2 Å². The number of hydrogen-bond acceptors (Lipinski definition) is 3. The molecule has 0 bridgehead atoms. The number of aromatic hydroxyl groups is 1. The summed E-state index contributed by atoms with van der Waals surface area (Å²) >= 11 is 0. The van der Waals surface area contributed by atoms with Crippen LogP contribution in [0.15, 0.2) is 134 Å². The molecule has 0 amide bonds. The van der Waals surface area contributed by atoms with E-state index in [1.54, 1.807) is 12.3 Å². The summed E-state index contributed by atoms with van der Waals surface area (Å²) in [6, 6.07) is 45.6. The number of rotatable bonds is 7. The predicted molar refractivity (Wildman–Crippen MR) is 285 cm³/mol. The molecule has 2 heterocycles. The van der Waals surface area contributed by atoms with Crippen LogP contribution < -0.4 is 0 Å². The summed E-state index contributed by atoms with van der Waals surface area (Å²) in [6.45, 7) is 32.1. The monoisotopic (exact) mass is 1080 g/mol. The van der Waals surface area contributed by atoms with E-state index < -0.39 is 11.8 Å². The number of phenols is 1. The van der Waals surface area contributed by atoms with Crippen LogP contribution in [0.3, 0.4) is 0 Å². The van der Waals surface area contributed by atoms with Crippen LogP contribution in [0.5, 0.6) is 5.75 Å². The predicted octanol–water partition coefficient (Wildman–Crippen LogP) is 17.0. The quantitative estimate of drug-likeness (QED) is 0.162. The van der Waals surface area contributed by atoms with Gasteiger partial charge in [0.2, 0.25) is 0 Å². The Kier molecular flexibility index (Phi) is 12.5. The van der Waals surface area contributed by atoms with Crippen molar-refractivity contribution >= 4 is 11.0 Å². The first kappa shape index (κ1) is 46.2. The van der Waals surface area contributed by atoms with Crippen LogP contribution in [0.4, 0.5) is 0 Å². The Labute approximate surface area is 425 Å². The van der Waals surface area contributed by atoms with E-state index in [4.69, 9.17) is 14.1 Å². The molecule has 6 aromatic carbocycles. The third-order valence-electron chi connectivity index (χ3n) is 12.6. The van der Waals surface area contributed by atoms with Gasteiger partial charge in [-0.3, -0.25) is 9.55 Å². The van der Waals surface area contributed by atoms with Crippen molar-refractivity contribution in [3.63, 3.8) is 0 Å². The summed E-state index contributed by atoms with van der Waals surface area (Å²) in [5.74, 6) is 0.866. The second-order valence-electron chi connectivity index (χ2n) is 23.5. The van der Waals surface area contributed by atoms with E-state index >= 15 is 0 Å². The van der Waals surface area contributed by atoms with Crippen LogP contribution in [0.1, 0.15) is 136 Å². The minimum atomic E-state index is -1.61. The van der Waals surface area contributed by atoms with Crippen LogP contribution in [0.25, 0.3) is 72.7 Å². The SMILES string of the molecule is [2H]c1cc(C([2H])([2H])C(C)(C)C)ccc1-c1ccnc(-c2[c-]c(-c3cccc4c3nc(-c3cc(C(C)(C)C)cc(C(C)(C)C)c3O)n4-c3ccc(C(C)(C)C)cc3-c3ccccc3)cc(C(C)(C)C)c2)c1.[Pt]. The number of benzene rings is 6. The smallest absolute Gasteiger partial charge is 0.148 e. The van der Waals surface area contributed by atoms with E-state index in [2.05, 4.69) is 179 Å². The number of hydrogen-bond donors (Lipinski definition) is 1. The normalized spacial score (nSPS) is 13.5. The number of imidazole rings is 1. The van der Waals surface area contributed by atoms with Crippen molar-refractivity contribution in [1.82, 2.24) is 14.5 Å². The van der Waals surface area contributed by atoms with Crippen molar-refractivity contribution in [3.8, 4) is 67.5 Å². The molecule has 68 heavy (non-hydrogen) atoms. The second kappa shape index (κ2) is 18.4. The van der Waals surface area contributed by atoms with Crippen LogP contribution >= 0.6 is 0 Å². The van der Waals surface area contributed by atoms with Crippen molar-refractivity contribution in [2.24, 2.45) is 5.41 Å². The minimum absolute atomic E-state index is 0. The molecule has 8 aromatic rings. The van der Waals surface area contributed by atoms with Crippen molar-refractivity contribution in [3.05, 3.63) is 167 Å². The van der Waals surface area contributed by atoms with Gasteiger partial charge in [-0.15, -0.1) is 29.3 Å². The van der Waals surface area contributed by atoms with Crippen LogP contribution in [-0.4, -0.2) is 19.6 Å². The fourth-order valence-corrected chi connectivity index (χ4v) is 8.74. The van der Waals surface area contributed by atoms with Gasteiger partial charge in [0, 0.05) is 46.8 Å². The van der Waals surface area contributed by atoms with Gasteiger partial charge in [-0.1, -0.05) is 200 Å². The standard InChI is InChI=1S/C63H70N3O.Pt/c1-59(2,3)39-40-24-26-41(27-25-40)43-30-31-64-53(35-43)45-32-44(33-47(34-45)61(7,8)9)49-22-19-23-55-56(49)65-58(51-37-48(62(10,11)12)38-52(57(51)67)63(13,14)15)66(55)54-29-28-46(60(4,5)6)36-50(54)42-20-17-16-18-21-42;/h16-31,33-38,67H,39H2,1-15H3;/q-1;/i26D,39D2;. The molecule has 354 valence electrons. The summed E-state index contributed by atoms with van der Waals surface area (Å²) in [7, 11) is 0. The molecule has 8 rings (SSSR count). The Balaban J connectivity index is 0.00000741. The van der Waals surface area contributed by atoms with E-state index in [1.807, 2.05) is 51.1 Å². The van der Waals surface area contributed by atoms with Gasteiger partial charge in [-0.25, -0.2) is 4.98 Å². The molecule has 1 N–H and O–H groups in total. The first-order valence-corrected chi connectivity index (χ1v) is 23.7. The molecule has 0 saturated heterocycles. The third-order valence-corrected chi connectivity index (χ3v) is 12.6. The average Bonchev–Trinajstić information content (AvgIpc) is 3.66. The Morgan fingerprint density at radius 2 is 1.22 bits per heavy atom. The second-order valence-corrected chi connectivity index (χ2v) is 23.5. The molecule has 4 nitrogen and oxygen atoms in total. The van der Waals surface area contributed by atoms with Crippen LogP contribution in [-0.2, 0) is 49.1 Å². The molecule has 2 aromatic heterocycles. The first-order valence-electron chi connectivity index (χ1n) is 25.2. The maximum absolute atomic E-state index is 12.6. The first-order chi connectivity index (χ1) is 32.4. The number of pyridine rings is 1. The van der Waals surface area contributed by atoms with Gasteiger partial charge in [-0.2, -0.15) is 0 Å². The molecule has 0 fully saturated rings. The minimum Gasteiger partial charge on any atom is -0.507 e. The zero-order valence-corrected chi connectivity index (χ0v) is 45.0. The molecular formula is C63H70N3OPt-. The van der Waals surface area contributed by atoms with E-state index in [0.29, 0.717) is 28.2 Å². The topological polar surface area (TPSA) is 50.9 Å². The summed E-state index contributed by atoms with van der Waals surface area (Å²) in [4.78, 5) is 10.6. The van der Waals surface area contributed by atoms with Crippen molar-refractivity contribution < 1.29 is 30.3 Å². The Morgan fingerprint density at radius 3 is 1.85 bits per heavy atom. The van der Waals surface area contributed by atoms with Crippen molar-refractivity contribution in [1.29, 1.82) is 0 Å². The molecule has 0 spiro atoms. The molecule has 0 atom stereocenters. The number of phenolic OH excluding ortho intramolecular Hbond substituents is 1. The van der Waals surface area contributed by atoms with Gasteiger partial charge in [0.1, 0.15) is 11.6 Å². The molecule has 0 aliphatic rings. The number of fused-ring (bicyclic) bond motifs is 1. The zero-order chi connectivity index (χ0) is 51.1. The molecule has 0 saturated carbocycles.